The lowest BCUT2D eigenvalue weighted by molar-refractivity contribution is -0.870. The van der Waals surface area contributed by atoms with Gasteiger partial charge in [-0.15, -0.1) is 0 Å². The van der Waals surface area contributed by atoms with E-state index in [1.807, 2.05) is 33.3 Å². The number of nitrogens with zero attached hydrogens (tertiary/aromatic N) is 1. The number of carbonyl (C=O) groups excluding carboxylic acids is 2. The average molecular weight is 1040 g/mol. The van der Waals surface area contributed by atoms with E-state index in [9.17, 15) is 19.0 Å². The molecular weight excluding hydrogens is 916 g/mol. The number of carbonyl (C=O) groups is 2. The maximum atomic E-state index is 13.5. The van der Waals surface area contributed by atoms with Crippen molar-refractivity contribution >= 4 is 19.7 Å². The van der Waals surface area contributed by atoms with Crippen LogP contribution in [0.15, 0.2) is 36.5 Å². The molecule has 9 nitrogen and oxygen atoms in total. The van der Waals surface area contributed by atoms with E-state index in [-0.39, 0.29) is 31.5 Å². The summed E-state index contributed by atoms with van der Waals surface area (Å²) >= 11 is 0. The molecule has 10 heteroatoms. The molecule has 0 rings (SSSR count). The number of phosphoric acid groups is 1. The minimum atomic E-state index is -4.45. The van der Waals surface area contributed by atoms with Crippen molar-refractivity contribution in [3.63, 3.8) is 0 Å². The number of phosphoric ester groups is 1. The molecule has 72 heavy (non-hydrogen) atoms. The zero-order valence-corrected chi connectivity index (χ0v) is 49.3. The van der Waals surface area contributed by atoms with Crippen molar-refractivity contribution in [2.24, 2.45) is 0 Å². The zero-order valence-electron chi connectivity index (χ0n) is 48.4. The minimum absolute atomic E-state index is 0.0392. The summed E-state index contributed by atoms with van der Waals surface area (Å²) < 4.78 is 30.7. The van der Waals surface area contributed by atoms with Crippen molar-refractivity contribution in [3.05, 3.63) is 36.5 Å². The summed E-state index contributed by atoms with van der Waals surface area (Å²) in [6, 6.07) is -0.852. The highest BCUT2D eigenvalue weighted by Crippen LogP contribution is 2.43. The topological polar surface area (TPSA) is 111 Å². The maximum Gasteiger partial charge on any atom is 0.472 e. The summed E-state index contributed by atoms with van der Waals surface area (Å²) in [6.07, 6.45) is 62.8. The molecule has 0 aromatic carbocycles. The first-order valence-electron chi connectivity index (χ1n) is 30.8. The van der Waals surface area contributed by atoms with Crippen LogP contribution < -0.4 is 5.32 Å². The normalized spacial score (nSPS) is 13.9. The smallest absolute Gasteiger partial charge is 0.456 e. The highest BCUT2D eigenvalue weighted by molar-refractivity contribution is 7.47. The Kier molecular flexibility index (Phi) is 51.4. The van der Waals surface area contributed by atoms with Crippen LogP contribution in [0.2, 0.25) is 0 Å². The Labute approximate surface area is 446 Å². The monoisotopic (exact) mass is 1040 g/mol. The third kappa shape index (κ3) is 53.1. The molecular formula is C62H120N2O7P+. The SMILES string of the molecule is CCCCCCCC/C=C/CCCCCCCCCCCC(=O)NC(COP(=O)(O)OCC[N+](C)(C)C)C(/C=C\CCCCCCCCCCCCC)OC(=O)CCCCC/C=C\CCCCCCCCC. The van der Waals surface area contributed by atoms with E-state index in [4.69, 9.17) is 13.8 Å². The van der Waals surface area contributed by atoms with Crippen molar-refractivity contribution in [1.29, 1.82) is 0 Å². The van der Waals surface area contributed by atoms with Crippen LogP contribution in [-0.2, 0) is 27.9 Å². The van der Waals surface area contributed by atoms with Gasteiger partial charge in [0.25, 0.3) is 0 Å². The number of allylic oxidation sites excluding steroid dienone is 5. The molecule has 0 saturated heterocycles. The number of nitrogens with one attached hydrogen (secondary N) is 1. The molecule has 0 radical (unpaired) electrons. The molecule has 2 N–H and O–H groups in total. The van der Waals surface area contributed by atoms with Crippen LogP contribution in [0, 0.1) is 0 Å². The summed E-state index contributed by atoms with van der Waals surface area (Å²) in [5.41, 5.74) is 0. The van der Waals surface area contributed by atoms with Gasteiger partial charge in [0, 0.05) is 12.8 Å². The number of unbranched alkanes of at least 4 members (excludes halogenated alkanes) is 36. The molecule has 424 valence electrons. The van der Waals surface area contributed by atoms with Gasteiger partial charge in [0.15, 0.2) is 0 Å². The van der Waals surface area contributed by atoms with Gasteiger partial charge in [-0.25, -0.2) is 4.57 Å². The van der Waals surface area contributed by atoms with Gasteiger partial charge in [-0.1, -0.05) is 237 Å². The molecule has 3 atom stereocenters. The first-order chi connectivity index (χ1) is 34.9. The summed E-state index contributed by atoms with van der Waals surface area (Å²) in [4.78, 5) is 37.7. The standard InChI is InChI=1S/C62H119N2O7P/c1-7-10-13-16-19-22-25-28-30-31-32-33-34-36-39-42-45-48-51-54-61(65)63-59(58-70-72(67,68)69-57-56-64(4,5)6)60(53-50-47-44-41-38-35-27-24-21-18-15-12-9-3)71-62(66)55-52-49-46-43-40-37-29-26-23-20-17-14-11-8-2/h28,30,37,40,50,53,59-60H,7-27,29,31-36,38-39,41-49,51-52,54-58H2,1-6H3,(H-,63,65,67,68)/p+1/b30-28+,40-37-,53-50-. The highest BCUT2D eigenvalue weighted by atomic mass is 31.2. The van der Waals surface area contributed by atoms with E-state index in [2.05, 4.69) is 50.4 Å². The molecule has 0 saturated carbocycles. The summed E-state index contributed by atoms with van der Waals surface area (Å²) in [6.45, 7) is 7.02. The summed E-state index contributed by atoms with van der Waals surface area (Å²) in [5.74, 6) is -0.515. The molecule has 0 aromatic rings. The molecule has 0 spiro atoms. The fraction of sp³-hybridized carbons (Fsp3) is 0.871. The number of likely N-dealkylation sites (N-methyl/N-ethyl adjacent to an activating group) is 1. The van der Waals surface area contributed by atoms with E-state index >= 15 is 0 Å². The molecule has 0 aromatic heterocycles. The third-order valence-corrected chi connectivity index (χ3v) is 14.8. The van der Waals surface area contributed by atoms with Gasteiger partial charge >= 0.3 is 13.8 Å². The van der Waals surface area contributed by atoms with Crippen LogP contribution in [0.1, 0.15) is 297 Å². The Morgan fingerprint density at radius 3 is 1.19 bits per heavy atom. The predicted molar refractivity (Wildman–Crippen MR) is 309 cm³/mol. The van der Waals surface area contributed by atoms with E-state index < -0.39 is 20.0 Å². The minimum Gasteiger partial charge on any atom is -0.456 e. The molecule has 0 aliphatic heterocycles. The Hall–Kier alpha value is -1.77. The fourth-order valence-corrected chi connectivity index (χ4v) is 9.72. The molecule has 3 unspecified atom stereocenters. The molecule has 1 amide bonds. The molecule has 0 aliphatic rings. The Bertz CT molecular complexity index is 1330. The van der Waals surface area contributed by atoms with Gasteiger partial charge in [0.1, 0.15) is 19.3 Å². The molecule has 0 fully saturated rings. The Morgan fingerprint density at radius 1 is 0.472 bits per heavy atom. The van der Waals surface area contributed by atoms with E-state index in [0.29, 0.717) is 17.4 Å². The van der Waals surface area contributed by atoms with Gasteiger partial charge < -0.3 is 19.4 Å². The lowest BCUT2D eigenvalue weighted by atomic mass is 10.0. The van der Waals surface area contributed by atoms with Crippen LogP contribution in [0.25, 0.3) is 0 Å². The number of esters is 1. The lowest BCUT2D eigenvalue weighted by Gasteiger charge is -2.27. The van der Waals surface area contributed by atoms with Crippen LogP contribution in [0.4, 0.5) is 0 Å². The number of amides is 1. The summed E-state index contributed by atoms with van der Waals surface area (Å²) in [5, 5.41) is 3.05. The van der Waals surface area contributed by atoms with Crippen molar-refractivity contribution in [3.8, 4) is 0 Å². The van der Waals surface area contributed by atoms with Crippen LogP contribution in [-0.4, -0.2) is 74.3 Å². The van der Waals surface area contributed by atoms with Crippen LogP contribution >= 0.6 is 7.82 Å². The highest BCUT2D eigenvalue weighted by Gasteiger charge is 2.30. The van der Waals surface area contributed by atoms with Gasteiger partial charge in [-0.3, -0.25) is 18.6 Å². The second kappa shape index (κ2) is 52.7. The first kappa shape index (κ1) is 70.2. The number of ether oxygens (including phenoxy) is 1. The van der Waals surface area contributed by atoms with E-state index in [1.165, 1.54) is 193 Å². The maximum absolute atomic E-state index is 13.5. The number of hydrogen-bond acceptors (Lipinski definition) is 6. The lowest BCUT2D eigenvalue weighted by Crippen LogP contribution is -2.47. The van der Waals surface area contributed by atoms with Crippen molar-refractivity contribution in [1.82, 2.24) is 5.32 Å². The molecule has 0 aliphatic carbocycles. The van der Waals surface area contributed by atoms with Crippen LogP contribution in [0.3, 0.4) is 0 Å². The average Bonchev–Trinajstić information content (AvgIpc) is 3.34. The molecule has 0 bridgehead atoms. The van der Waals surface area contributed by atoms with Crippen LogP contribution in [0.5, 0.6) is 0 Å². The quantitative estimate of drug-likeness (QED) is 0.0205. The first-order valence-corrected chi connectivity index (χ1v) is 32.3. The van der Waals surface area contributed by atoms with E-state index in [1.54, 1.807) is 0 Å². The fourth-order valence-electron chi connectivity index (χ4n) is 8.99. The predicted octanol–water partition coefficient (Wildman–Crippen LogP) is 18.7. The van der Waals surface area contributed by atoms with Crippen molar-refractivity contribution in [2.45, 2.75) is 309 Å². The van der Waals surface area contributed by atoms with E-state index in [0.717, 1.165) is 70.6 Å². The molecule has 0 heterocycles. The third-order valence-electron chi connectivity index (χ3n) is 13.8. The second-order valence-corrected chi connectivity index (χ2v) is 23.7. The number of quaternary nitrogens is 1. The Morgan fingerprint density at radius 2 is 0.806 bits per heavy atom. The second-order valence-electron chi connectivity index (χ2n) is 22.2. The largest absolute Gasteiger partial charge is 0.472 e. The van der Waals surface area contributed by atoms with Crippen molar-refractivity contribution in [2.75, 3.05) is 40.9 Å². The zero-order chi connectivity index (χ0) is 52.9. The van der Waals surface area contributed by atoms with Gasteiger partial charge in [-0.2, -0.15) is 0 Å². The van der Waals surface area contributed by atoms with Crippen molar-refractivity contribution < 1.29 is 37.3 Å². The number of rotatable bonds is 56. The summed E-state index contributed by atoms with van der Waals surface area (Å²) in [7, 11) is 1.50. The van der Waals surface area contributed by atoms with Gasteiger partial charge in [0.05, 0.1) is 33.8 Å². The Balaban J connectivity index is 5.29. The van der Waals surface area contributed by atoms with Gasteiger partial charge in [-0.05, 0) is 83.1 Å². The number of hydrogen-bond donors (Lipinski definition) is 2. The van der Waals surface area contributed by atoms with Gasteiger partial charge in [0.2, 0.25) is 5.91 Å².